The number of halogens is 1. The standard InChI is InChI=1S/C14H12ClN3O2S/c1-8-13(20)18(10-5-3-9(15)4-6-10)14(21-8)11(7-16)12(19)17-2/h3-6,8H,1-2H3,(H,17,19)/b14-11-/t8-/m1/s1. The smallest absolute Gasteiger partial charge is 0.264 e. The van der Waals surface area contributed by atoms with Crippen LogP contribution in [-0.2, 0) is 9.59 Å². The van der Waals surface area contributed by atoms with Crippen molar-refractivity contribution >= 4 is 40.9 Å². The van der Waals surface area contributed by atoms with Crippen molar-refractivity contribution in [3.05, 3.63) is 39.9 Å². The Labute approximate surface area is 131 Å². The molecule has 1 heterocycles. The van der Waals surface area contributed by atoms with Crippen LogP contribution >= 0.6 is 23.4 Å². The maximum absolute atomic E-state index is 12.3. The number of rotatable bonds is 2. The number of nitriles is 1. The molecule has 0 unspecified atom stereocenters. The second-order valence-electron chi connectivity index (χ2n) is 4.28. The van der Waals surface area contributed by atoms with Crippen LogP contribution in [0.1, 0.15) is 6.92 Å². The summed E-state index contributed by atoms with van der Waals surface area (Å²) >= 11 is 7.04. The summed E-state index contributed by atoms with van der Waals surface area (Å²) in [5.74, 6) is -0.685. The SMILES string of the molecule is CNC(=O)/C(C#N)=C1\S[C@H](C)C(=O)N1c1ccc(Cl)cc1. The van der Waals surface area contributed by atoms with E-state index in [0.29, 0.717) is 15.7 Å². The summed E-state index contributed by atoms with van der Waals surface area (Å²) in [6, 6.07) is 8.54. The zero-order valence-corrected chi connectivity index (χ0v) is 13.0. The lowest BCUT2D eigenvalue weighted by Gasteiger charge is -2.18. The quantitative estimate of drug-likeness (QED) is 0.670. The van der Waals surface area contributed by atoms with E-state index >= 15 is 0 Å². The predicted octanol–water partition coefficient (Wildman–Crippen LogP) is 2.29. The van der Waals surface area contributed by atoms with Crippen molar-refractivity contribution in [2.75, 3.05) is 11.9 Å². The number of nitrogens with one attached hydrogen (secondary N) is 1. The van der Waals surface area contributed by atoms with E-state index in [1.54, 1.807) is 31.2 Å². The van der Waals surface area contributed by atoms with Crippen molar-refractivity contribution in [1.29, 1.82) is 5.26 Å². The Balaban J connectivity index is 2.57. The monoisotopic (exact) mass is 321 g/mol. The third-order valence-corrected chi connectivity index (χ3v) is 4.34. The third kappa shape index (κ3) is 2.89. The van der Waals surface area contributed by atoms with Crippen molar-refractivity contribution in [2.45, 2.75) is 12.2 Å². The molecule has 0 aromatic heterocycles. The van der Waals surface area contributed by atoms with Gasteiger partial charge in [0, 0.05) is 17.8 Å². The molecule has 7 heteroatoms. The van der Waals surface area contributed by atoms with Crippen LogP contribution in [-0.4, -0.2) is 24.1 Å². The van der Waals surface area contributed by atoms with Crippen molar-refractivity contribution < 1.29 is 9.59 Å². The highest BCUT2D eigenvalue weighted by Gasteiger charge is 2.38. The van der Waals surface area contributed by atoms with Gasteiger partial charge in [0.25, 0.3) is 5.91 Å². The highest BCUT2D eigenvalue weighted by atomic mass is 35.5. The van der Waals surface area contributed by atoms with Crippen LogP contribution in [0.5, 0.6) is 0 Å². The molecule has 1 aromatic rings. The fraction of sp³-hybridized carbons (Fsp3) is 0.214. The number of hydrogen-bond acceptors (Lipinski definition) is 4. The first kappa shape index (κ1) is 15.4. The van der Waals surface area contributed by atoms with Crippen LogP contribution in [0.15, 0.2) is 34.9 Å². The molecule has 2 rings (SSSR count). The van der Waals surface area contributed by atoms with Gasteiger partial charge in [-0.3, -0.25) is 14.5 Å². The van der Waals surface area contributed by atoms with Crippen LogP contribution < -0.4 is 10.2 Å². The van der Waals surface area contributed by atoms with Gasteiger partial charge in [0.05, 0.1) is 5.25 Å². The van der Waals surface area contributed by atoms with Gasteiger partial charge in [0.15, 0.2) is 0 Å². The molecule has 0 radical (unpaired) electrons. The average molecular weight is 322 g/mol. The fourth-order valence-electron chi connectivity index (χ4n) is 1.88. The number of anilines is 1. The van der Waals surface area contributed by atoms with Crippen molar-refractivity contribution in [3.8, 4) is 6.07 Å². The number of likely N-dealkylation sites (N-methyl/N-ethyl adjacent to an activating group) is 1. The third-order valence-electron chi connectivity index (χ3n) is 2.92. The van der Waals surface area contributed by atoms with Crippen molar-refractivity contribution in [1.82, 2.24) is 5.32 Å². The number of thioether (sulfide) groups is 1. The van der Waals surface area contributed by atoms with Crippen LogP contribution in [0.2, 0.25) is 5.02 Å². The second-order valence-corrected chi connectivity index (χ2v) is 6.05. The Morgan fingerprint density at radius 3 is 2.57 bits per heavy atom. The summed E-state index contributed by atoms with van der Waals surface area (Å²) < 4.78 is 0. The van der Waals surface area contributed by atoms with Gasteiger partial charge in [-0.05, 0) is 31.2 Å². The minimum absolute atomic E-state index is 0.0739. The molecule has 0 aliphatic carbocycles. The van der Waals surface area contributed by atoms with E-state index in [1.165, 1.54) is 23.7 Å². The lowest BCUT2D eigenvalue weighted by molar-refractivity contribution is -0.117. The first-order valence-corrected chi connectivity index (χ1v) is 7.38. The Kier molecular flexibility index (Phi) is 4.56. The van der Waals surface area contributed by atoms with Gasteiger partial charge >= 0.3 is 0 Å². The Morgan fingerprint density at radius 1 is 1.43 bits per heavy atom. The maximum Gasteiger partial charge on any atom is 0.264 e. The lowest BCUT2D eigenvalue weighted by atomic mass is 10.2. The molecule has 1 aliphatic heterocycles. The molecule has 0 bridgehead atoms. The second kappa shape index (κ2) is 6.20. The molecular weight excluding hydrogens is 310 g/mol. The number of hydrogen-bond donors (Lipinski definition) is 1. The normalized spacial score (nSPS) is 20.2. The molecule has 108 valence electrons. The first-order chi connectivity index (χ1) is 9.99. The van der Waals surface area contributed by atoms with Crippen LogP contribution in [0, 0.1) is 11.3 Å². The van der Waals surface area contributed by atoms with Gasteiger partial charge in [-0.2, -0.15) is 5.26 Å². The number of carbonyl (C=O) groups excluding carboxylic acids is 2. The molecule has 1 aliphatic rings. The summed E-state index contributed by atoms with van der Waals surface area (Å²) in [6.07, 6.45) is 0. The average Bonchev–Trinajstić information content (AvgIpc) is 2.76. The minimum Gasteiger partial charge on any atom is -0.354 e. The Hall–Kier alpha value is -1.97. The topological polar surface area (TPSA) is 73.2 Å². The summed E-state index contributed by atoms with van der Waals surface area (Å²) in [5, 5.41) is 12.2. The van der Waals surface area contributed by atoms with E-state index < -0.39 is 5.91 Å². The Morgan fingerprint density at radius 2 is 2.05 bits per heavy atom. The molecule has 2 amide bonds. The van der Waals surface area contributed by atoms with E-state index in [-0.39, 0.29) is 16.7 Å². The van der Waals surface area contributed by atoms with Gasteiger partial charge in [0.1, 0.15) is 16.7 Å². The number of carbonyl (C=O) groups is 2. The molecule has 1 fully saturated rings. The van der Waals surface area contributed by atoms with Gasteiger partial charge in [-0.25, -0.2) is 0 Å². The minimum atomic E-state index is -0.513. The zero-order valence-electron chi connectivity index (χ0n) is 11.4. The molecular formula is C14H12ClN3O2S. The number of benzene rings is 1. The molecule has 0 spiro atoms. The highest BCUT2D eigenvalue weighted by Crippen LogP contribution is 2.40. The summed E-state index contributed by atoms with van der Waals surface area (Å²) in [6.45, 7) is 1.74. The van der Waals surface area contributed by atoms with Crippen molar-refractivity contribution in [2.24, 2.45) is 0 Å². The van der Waals surface area contributed by atoms with E-state index in [4.69, 9.17) is 11.6 Å². The molecule has 5 nitrogen and oxygen atoms in total. The Bertz CT molecular complexity index is 664. The van der Waals surface area contributed by atoms with Crippen LogP contribution in [0.3, 0.4) is 0 Å². The van der Waals surface area contributed by atoms with E-state index in [1.807, 2.05) is 6.07 Å². The molecule has 1 saturated heterocycles. The predicted molar refractivity (Wildman–Crippen MR) is 82.7 cm³/mol. The molecule has 1 atom stereocenters. The number of amides is 2. The molecule has 1 aromatic carbocycles. The summed E-state index contributed by atoms with van der Waals surface area (Å²) in [7, 11) is 1.44. The largest absolute Gasteiger partial charge is 0.354 e. The molecule has 21 heavy (non-hydrogen) atoms. The first-order valence-electron chi connectivity index (χ1n) is 6.12. The maximum atomic E-state index is 12.3. The molecule has 0 saturated carbocycles. The van der Waals surface area contributed by atoms with Crippen LogP contribution in [0.4, 0.5) is 5.69 Å². The van der Waals surface area contributed by atoms with Gasteiger partial charge in [-0.15, -0.1) is 0 Å². The van der Waals surface area contributed by atoms with Crippen LogP contribution in [0.25, 0.3) is 0 Å². The zero-order chi connectivity index (χ0) is 15.6. The van der Waals surface area contributed by atoms with E-state index in [9.17, 15) is 14.9 Å². The number of nitrogens with zero attached hydrogens (tertiary/aromatic N) is 2. The van der Waals surface area contributed by atoms with Gasteiger partial charge < -0.3 is 5.32 Å². The molecule has 1 N–H and O–H groups in total. The van der Waals surface area contributed by atoms with E-state index in [0.717, 1.165) is 0 Å². The fourth-order valence-corrected chi connectivity index (χ4v) is 3.10. The van der Waals surface area contributed by atoms with Gasteiger partial charge in [-0.1, -0.05) is 23.4 Å². The van der Waals surface area contributed by atoms with E-state index in [2.05, 4.69) is 5.32 Å². The lowest BCUT2D eigenvalue weighted by Crippen LogP contribution is -2.29. The van der Waals surface area contributed by atoms with Gasteiger partial charge in [0.2, 0.25) is 5.91 Å². The highest BCUT2D eigenvalue weighted by molar-refractivity contribution is 8.05. The summed E-state index contributed by atoms with van der Waals surface area (Å²) in [5.41, 5.74) is 0.503. The summed E-state index contributed by atoms with van der Waals surface area (Å²) in [4.78, 5) is 25.5. The van der Waals surface area contributed by atoms with Crippen molar-refractivity contribution in [3.63, 3.8) is 0 Å².